The van der Waals surface area contributed by atoms with Crippen molar-refractivity contribution in [1.29, 1.82) is 0 Å². The van der Waals surface area contributed by atoms with Gasteiger partial charge in [0, 0.05) is 16.3 Å². The molecule has 0 aliphatic heterocycles. The largest absolute Gasteiger partial charge is 0.484 e. The molecule has 5 nitrogen and oxygen atoms in total. The maximum absolute atomic E-state index is 12.4. The van der Waals surface area contributed by atoms with E-state index in [1.807, 2.05) is 78.9 Å². The van der Waals surface area contributed by atoms with Crippen LogP contribution in [0.2, 0.25) is 0 Å². The second kappa shape index (κ2) is 10.5. The molecule has 32 heavy (non-hydrogen) atoms. The molecule has 0 aliphatic carbocycles. The van der Waals surface area contributed by atoms with Crippen molar-refractivity contribution in [2.75, 3.05) is 23.0 Å². The molecule has 0 atom stereocenters. The van der Waals surface area contributed by atoms with Crippen molar-refractivity contribution in [1.82, 2.24) is 0 Å². The summed E-state index contributed by atoms with van der Waals surface area (Å²) in [5.41, 5.74) is 1.43. The van der Waals surface area contributed by atoms with Gasteiger partial charge in [0.25, 0.3) is 5.91 Å². The fourth-order valence-electron chi connectivity index (χ4n) is 3.14. The summed E-state index contributed by atoms with van der Waals surface area (Å²) >= 11 is 1.41. The molecule has 4 aromatic carbocycles. The van der Waals surface area contributed by atoms with E-state index >= 15 is 0 Å². The van der Waals surface area contributed by atoms with Crippen LogP contribution in [0.3, 0.4) is 0 Å². The molecule has 4 rings (SSSR count). The van der Waals surface area contributed by atoms with E-state index in [9.17, 15) is 9.59 Å². The summed E-state index contributed by atoms with van der Waals surface area (Å²) in [6.07, 6.45) is 0. The van der Waals surface area contributed by atoms with Crippen LogP contribution in [0.5, 0.6) is 5.75 Å². The molecule has 0 unspecified atom stereocenters. The number of carbonyl (C=O) groups excluding carboxylic acids is 2. The number of rotatable bonds is 8. The fourth-order valence-corrected chi connectivity index (χ4v) is 3.89. The van der Waals surface area contributed by atoms with Crippen LogP contribution in [-0.4, -0.2) is 24.2 Å². The summed E-state index contributed by atoms with van der Waals surface area (Å²) < 4.78 is 5.46. The molecule has 0 aliphatic rings. The number of amides is 2. The van der Waals surface area contributed by atoms with Gasteiger partial charge in [0.05, 0.1) is 5.75 Å². The first-order valence-electron chi connectivity index (χ1n) is 10.1. The van der Waals surface area contributed by atoms with Crippen LogP contribution < -0.4 is 15.4 Å². The summed E-state index contributed by atoms with van der Waals surface area (Å²) in [5, 5.41) is 7.97. The molecular formula is C26H22N2O3S. The van der Waals surface area contributed by atoms with Crippen molar-refractivity contribution in [3.8, 4) is 5.75 Å². The van der Waals surface area contributed by atoms with Crippen LogP contribution in [0.15, 0.2) is 102 Å². The zero-order chi connectivity index (χ0) is 22.2. The van der Waals surface area contributed by atoms with Gasteiger partial charge >= 0.3 is 0 Å². The minimum Gasteiger partial charge on any atom is -0.484 e. The number of ether oxygens (including phenoxy) is 1. The van der Waals surface area contributed by atoms with Gasteiger partial charge in [-0.1, -0.05) is 54.6 Å². The van der Waals surface area contributed by atoms with Crippen LogP contribution in [-0.2, 0) is 9.59 Å². The molecule has 0 bridgehead atoms. The number of nitrogens with one attached hydrogen (secondary N) is 2. The molecule has 0 aromatic heterocycles. The molecule has 2 N–H and O–H groups in total. The van der Waals surface area contributed by atoms with Crippen LogP contribution in [0.1, 0.15) is 0 Å². The molecule has 0 radical (unpaired) electrons. The van der Waals surface area contributed by atoms with E-state index in [2.05, 4.69) is 10.6 Å². The molecule has 4 aromatic rings. The molecular weight excluding hydrogens is 420 g/mol. The Morgan fingerprint density at radius 3 is 2.25 bits per heavy atom. The number of para-hydroxylation sites is 1. The van der Waals surface area contributed by atoms with E-state index in [1.54, 1.807) is 18.2 Å². The summed E-state index contributed by atoms with van der Waals surface area (Å²) in [6.45, 7) is -0.0739. The average molecular weight is 443 g/mol. The Morgan fingerprint density at radius 1 is 0.688 bits per heavy atom. The van der Waals surface area contributed by atoms with Gasteiger partial charge in [-0.2, -0.15) is 0 Å². The van der Waals surface area contributed by atoms with E-state index in [0.29, 0.717) is 11.4 Å². The molecule has 6 heteroatoms. The SMILES string of the molecule is O=C(COc1ccccc1)Nc1cccc(SCC(=O)Nc2ccc3ccccc3c2)c1. The topological polar surface area (TPSA) is 67.4 Å². The van der Waals surface area contributed by atoms with Gasteiger partial charge in [-0.05, 0) is 53.2 Å². The van der Waals surface area contributed by atoms with E-state index in [0.717, 1.165) is 21.4 Å². The first-order valence-corrected chi connectivity index (χ1v) is 11.1. The quantitative estimate of drug-likeness (QED) is 0.349. The van der Waals surface area contributed by atoms with Crippen molar-refractivity contribution in [2.45, 2.75) is 4.90 Å². The summed E-state index contributed by atoms with van der Waals surface area (Å²) in [5.74, 6) is 0.576. The number of benzene rings is 4. The van der Waals surface area contributed by atoms with Gasteiger partial charge in [0.15, 0.2) is 6.61 Å². The van der Waals surface area contributed by atoms with Crippen LogP contribution in [0.25, 0.3) is 10.8 Å². The van der Waals surface area contributed by atoms with E-state index in [1.165, 1.54) is 11.8 Å². The first-order chi connectivity index (χ1) is 15.7. The van der Waals surface area contributed by atoms with Crippen LogP contribution >= 0.6 is 11.8 Å². The first kappa shape index (κ1) is 21.5. The van der Waals surface area contributed by atoms with Crippen molar-refractivity contribution in [3.05, 3.63) is 97.1 Å². The van der Waals surface area contributed by atoms with Crippen molar-refractivity contribution in [3.63, 3.8) is 0 Å². The van der Waals surface area contributed by atoms with Gasteiger partial charge in [0.2, 0.25) is 5.91 Å². The lowest BCUT2D eigenvalue weighted by atomic mass is 10.1. The smallest absolute Gasteiger partial charge is 0.262 e. The number of hydrogen-bond donors (Lipinski definition) is 2. The number of fused-ring (bicyclic) bond motifs is 1. The Bertz CT molecular complexity index is 1230. The van der Waals surface area contributed by atoms with Crippen LogP contribution in [0, 0.1) is 0 Å². The minimum absolute atomic E-state index is 0.0739. The second-order valence-electron chi connectivity index (χ2n) is 7.08. The number of carbonyl (C=O) groups is 2. The zero-order valence-electron chi connectivity index (χ0n) is 17.3. The third-order valence-electron chi connectivity index (χ3n) is 4.63. The predicted molar refractivity (Wildman–Crippen MR) is 130 cm³/mol. The molecule has 0 spiro atoms. The van der Waals surface area contributed by atoms with Crippen molar-refractivity contribution < 1.29 is 14.3 Å². The lowest BCUT2D eigenvalue weighted by molar-refractivity contribution is -0.118. The van der Waals surface area contributed by atoms with Gasteiger partial charge < -0.3 is 15.4 Å². The van der Waals surface area contributed by atoms with Crippen molar-refractivity contribution in [2.24, 2.45) is 0 Å². The third-order valence-corrected chi connectivity index (χ3v) is 5.63. The number of hydrogen-bond acceptors (Lipinski definition) is 4. The molecule has 0 saturated heterocycles. The van der Waals surface area contributed by atoms with Crippen molar-refractivity contribution >= 4 is 45.7 Å². The Hall–Kier alpha value is -3.77. The van der Waals surface area contributed by atoms with E-state index < -0.39 is 0 Å². The molecule has 2 amide bonds. The molecule has 160 valence electrons. The Labute approximate surface area is 190 Å². The highest BCUT2D eigenvalue weighted by Gasteiger charge is 2.07. The summed E-state index contributed by atoms with van der Waals surface area (Å²) in [4.78, 5) is 25.4. The molecule has 0 saturated carbocycles. The number of anilines is 2. The highest BCUT2D eigenvalue weighted by molar-refractivity contribution is 8.00. The minimum atomic E-state index is -0.245. The fraction of sp³-hybridized carbons (Fsp3) is 0.0769. The Balaban J connectivity index is 1.27. The Kier molecular flexibility index (Phi) is 7.05. The second-order valence-corrected chi connectivity index (χ2v) is 8.13. The number of thioether (sulfide) groups is 1. The predicted octanol–water partition coefficient (Wildman–Crippen LogP) is 5.59. The zero-order valence-corrected chi connectivity index (χ0v) is 18.1. The third kappa shape index (κ3) is 6.12. The highest BCUT2D eigenvalue weighted by Crippen LogP contribution is 2.23. The Morgan fingerprint density at radius 2 is 1.41 bits per heavy atom. The van der Waals surface area contributed by atoms with E-state index in [4.69, 9.17) is 4.74 Å². The molecule has 0 heterocycles. The molecule has 0 fully saturated rings. The monoisotopic (exact) mass is 442 g/mol. The average Bonchev–Trinajstić information content (AvgIpc) is 2.82. The normalized spacial score (nSPS) is 10.5. The maximum Gasteiger partial charge on any atom is 0.262 e. The standard InChI is InChI=1S/C26H22N2O3S/c29-25(17-31-23-10-2-1-3-11-23)27-21-9-6-12-24(16-21)32-18-26(30)28-22-14-13-19-7-4-5-8-20(19)15-22/h1-16H,17-18H2,(H,27,29)(H,28,30). The van der Waals surface area contributed by atoms with E-state index in [-0.39, 0.29) is 24.2 Å². The van der Waals surface area contributed by atoms with Gasteiger partial charge in [-0.15, -0.1) is 11.8 Å². The van der Waals surface area contributed by atoms with Gasteiger partial charge in [0.1, 0.15) is 5.75 Å². The lowest BCUT2D eigenvalue weighted by Gasteiger charge is -2.09. The highest BCUT2D eigenvalue weighted by atomic mass is 32.2. The summed E-state index contributed by atoms with van der Waals surface area (Å²) in [6, 6.07) is 30.5. The summed E-state index contributed by atoms with van der Waals surface area (Å²) in [7, 11) is 0. The lowest BCUT2D eigenvalue weighted by Crippen LogP contribution is -2.20. The maximum atomic E-state index is 12.4. The van der Waals surface area contributed by atoms with Gasteiger partial charge in [-0.25, -0.2) is 0 Å². The van der Waals surface area contributed by atoms with Gasteiger partial charge in [-0.3, -0.25) is 9.59 Å². The van der Waals surface area contributed by atoms with Crippen LogP contribution in [0.4, 0.5) is 11.4 Å².